The maximum atomic E-state index is 12.4. The lowest BCUT2D eigenvalue weighted by Crippen LogP contribution is -2.10. The third-order valence-corrected chi connectivity index (χ3v) is 2.88. The van der Waals surface area contributed by atoms with Crippen LogP contribution in [0.15, 0.2) is 11.4 Å². The molecule has 0 saturated heterocycles. The fraction of sp³-hybridized carbons (Fsp3) is 0.700. The van der Waals surface area contributed by atoms with Crippen molar-refractivity contribution in [2.45, 2.75) is 20.8 Å². The summed E-state index contributed by atoms with van der Waals surface area (Å²) < 4.78 is 17.3. The molecule has 0 amide bonds. The van der Waals surface area contributed by atoms with E-state index in [4.69, 9.17) is 16.3 Å². The zero-order chi connectivity index (χ0) is 10.9. The van der Waals surface area contributed by atoms with Gasteiger partial charge in [0.1, 0.15) is 0 Å². The Morgan fingerprint density at radius 1 is 1.64 bits per heavy atom. The molecule has 0 heterocycles. The van der Waals surface area contributed by atoms with Crippen LogP contribution in [0.5, 0.6) is 0 Å². The second-order valence-corrected chi connectivity index (χ2v) is 4.39. The van der Waals surface area contributed by atoms with Gasteiger partial charge in [-0.1, -0.05) is 25.4 Å². The second kappa shape index (κ2) is 3.89. The van der Waals surface area contributed by atoms with Gasteiger partial charge in [-0.15, -0.1) is 0 Å². The van der Waals surface area contributed by atoms with Crippen LogP contribution in [0, 0.1) is 17.3 Å². The molecule has 80 valence electrons. The normalized spacial score (nSPS) is 29.9. The van der Waals surface area contributed by atoms with E-state index >= 15 is 0 Å². The Morgan fingerprint density at radius 2 is 2.21 bits per heavy atom. The van der Waals surface area contributed by atoms with Crippen LogP contribution in [0.2, 0.25) is 0 Å². The highest BCUT2D eigenvalue weighted by atomic mass is 35.5. The van der Waals surface area contributed by atoms with E-state index in [-0.39, 0.29) is 23.2 Å². The third-order valence-electron chi connectivity index (χ3n) is 2.76. The first-order valence-corrected chi connectivity index (χ1v) is 4.98. The van der Waals surface area contributed by atoms with E-state index in [1.165, 1.54) is 6.08 Å². The van der Waals surface area contributed by atoms with Crippen LogP contribution >= 0.6 is 11.6 Å². The maximum Gasteiger partial charge on any atom is 0.310 e. The Balaban J connectivity index is 2.66. The summed E-state index contributed by atoms with van der Waals surface area (Å²) in [6.45, 7) is 5.90. The van der Waals surface area contributed by atoms with E-state index in [2.05, 4.69) is 0 Å². The van der Waals surface area contributed by atoms with E-state index in [0.717, 1.165) is 0 Å². The van der Waals surface area contributed by atoms with Gasteiger partial charge in [-0.05, 0) is 18.4 Å². The largest absolute Gasteiger partial charge is 0.466 e. The number of halogens is 2. The summed E-state index contributed by atoms with van der Waals surface area (Å²) in [6, 6.07) is 0. The Bertz CT molecular complexity index is 269. The van der Waals surface area contributed by atoms with Gasteiger partial charge in [-0.25, -0.2) is 0 Å². The van der Waals surface area contributed by atoms with Gasteiger partial charge in [-0.2, -0.15) is 4.39 Å². The molecule has 0 N–H and O–H groups in total. The monoisotopic (exact) mass is 220 g/mol. The molecular weight excluding hydrogens is 207 g/mol. The predicted molar refractivity (Wildman–Crippen MR) is 52.4 cm³/mol. The zero-order valence-electron chi connectivity index (χ0n) is 8.51. The average molecular weight is 221 g/mol. The molecular formula is C10H14ClFO2. The van der Waals surface area contributed by atoms with E-state index in [1.807, 2.05) is 13.8 Å². The number of hydrogen-bond acceptors (Lipinski definition) is 2. The third kappa shape index (κ3) is 2.08. The fourth-order valence-electron chi connectivity index (χ4n) is 1.81. The minimum absolute atomic E-state index is 0.140. The lowest BCUT2D eigenvalue weighted by Gasteiger charge is -2.01. The second-order valence-electron chi connectivity index (χ2n) is 4.03. The quantitative estimate of drug-likeness (QED) is 0.684. The lowest BCUT2D eigenvalue weighted by atomic mass is 10.1. The standard InChI is InChI=1S/C10H14ClFO2/c1-4-14-9(13)8-6(5-7(11)12)10(8,2)3/h5-6,8H,4H2,1-3H3/b7-5-. The Morgan fingerprint density at radius 3 is 2.64 bits per heavy atom. The number of rotatable bonds is 3. The molecule has 0 spiro atoms. The molecule has 1 rings (SSSR count). The van der Waals surface area contributed by atoms with Crippen LogP contribution in [-0.4, -0.2) is 12.6 Å². The maximum absolute atomic E-state index is 12.4. The summed E-state index contributed by atoms with van der Waals surface area (Å²) in [5, 5.41) is -0.755. The van der Waals surface area contributed by atoms with Crippen molar-refractivity contribution in [1.29, 1.82) is 0 Å². The molecule has 1 fully saturated rings. The Hall–Kier alpha value is -0.570. The Kier molecular flexibility index (Phi) is 3.20. The first kappa shape index (κ1) is 11.5. The van der Waals surface area contributed by atoms with Crippen LogP contribution in [-0.2, 0) is 9.53 Å². The van der Waals surface area contributed by atoms with E-state index in [1.54, 1.807) is 6.92 Å². The SMILES string of the molecule is CCOC(=O)C1C(/C=C(\F)Cl)C1(C)C. The number of carbonyl (C=O) groups excluding carboxylic acids is 1. The highest BCUT2D eigenvalue weighted by Crippen LogP contribution is 2.60. The Labute approximate surface area is 88.1 Å². The predicted octanol–water partition coefficient (Wildman–Crippen LogP) is 2.87. The topological polar surface area (TPSA) is 26.3 Å². The first-order chi connectivity index (χ1) is 6.41. The van der Waals surface area contributed by atoms with Gasteiger partial charge >= 0.3 is 5.97 Å². The first-order valence-electron chi connectivity index (χ1n) is 4.60. The van der Waals surface area contributed by atoms with E-state index < -0.39 is 5.29 Å². The van der Waals surface area contributed by atoms with Gasteiger partial charge in [0, 0.05) is 5.92 Å². The number of carbonyl (C=O) groups is 1. The molecule has 2 nitrogen and oxygen atoms in total. The number of ether oxygens (including phenoxy) is 1. The minimum Gasteiger partial charge on any atom is -0.466 e. The molecule has 0 aromatic heterocycles. The minimum atomic E-state index is -0.755. The zero-order valence-corrected chi connectivity index (χ0v) is 9.27. The summed E-state index contributed by atoms with van der Waals surface area (Å²) in [5.41, 5.74) is -0.238. The van der Waals surface area contributed by atoms with Gasteiger partial charge in [0.2, 0.25) is 0 Å². The van der Waals surface area contributed by atoms with Gasteiger partial charge in [0.05, 0.1) is 12.5 Å². The molecule has 0 radical (unpaired) electrons. The van der Waals surface area contributed by atoms with Crippen molar-refractivity contribution >= 4 is 17.6 Å². The summed E-state index contributed by atoms with van der Waals surface area (Å²) in [7, 11) is 0. The number of esters is 1. The average Bonchev–Trinajstić information content (AvgIpc) is 2.52. The molecule has 0 bridgehead atoms. The molecule has 0 aromatic carbocycles. The van der Waals surface area contributed by atoms with Crippen molar-refractivity contribution in [2.24, 2.45) is 17.3 Å². The van der Waals surface area contributed by atoms with Crippen LogP contribution < -0.4 is 0 Å². The van der Waals surface area contributed by atoms with Crippen molar-refractivity contribution in [3.63, 3.8) is 0 Å². The van der Waals surface area contributed by atoms with E-state index in [0.29, 0.717) is 6.61 Å². The molecule has 2 atom stereocenters. The van der Waals surface area contributed by atoms with Crippen molar-refractivity contribution < 1.29 is 13.9 Å². The van der Waals surface area contributed by atoms with Crippen molar-refractivity contribution in [1.82, 2.24) is 0 Å². The summed E-state index contributed by atoms with van der Waals surface area (Å²) in [6.07, 6.45) is 1.28. The molecule has 1 aliphatic rings. The van der Waals surface area contributed by atoms with Crippen LogP contribution in [0.25, 0.3) is 0 Å². The van der Waals surface area contributed by atoms with Gasteiger partial charge in [0.25, 0.3) is 0 Å². The molecule has 0 aliphatic heterocycles. The number of allylic oxidation sites excluding steroid dienone is 1. The van der Waals surface area contributed by atoms with Gasteiger partial charge in [0.15, 0.2) is 5.29 Å². The van der Waals surface area contributed by atoms with Crippen LogP contribution in [0.3, 0.4) is 0 Å². The van der Waals surface area contributed by atoms with Crippen molar-refractivity contribution in [2.75, 3.05) is 6.61 Å². The van der Waals surface area contributed by atoms with Crippen molar-refractivity contribution in [3.8, 4) is 0 Å². The summed E-state index contributed by atoms with van der Waals surface area (Å²) in [4.78, 5) is 11.4. The molecule has 2 unspecified atom stereocenters. The summed E-state index contributed by atoms with van der Waals surface area (Å²) in [5.74, 6) is -0.664. The molecule has 14 heavy (non-hydrogen) atoms. The molecule has 4 heteroatoms. The fourth-order valence-corrected chi connectivity index (χ4v) is 1.94. The lowest BCUT2D eigenvalue weighted by molar-refractivity contribution is -0.145. The molecule has 1 aliphatic carbocycles. The van der Waals surface area contributed by atoms with Gasteiger partial charge < -0.3 is 4.74 Å². The highest BCUT2D eigenvalue weighted by molar-refractivity contribution is 6.28. The smallest absolute Gasteiger partial charge is 0.310 e. The summed E-state index contributed by atoms with van der Waals surface area (Å²) >= 11 is 5.13. The van der Waals surface area contributed by atoms with Crippen molar-refractivity contribution in [3.05, 3.63) is 11.4 Å². The molecule has 1 saturated carbocycles. The number of hydrogen-bond donors (Lipinski definition) is 0. The van der Waals surface area contributed by atoms with Crippen LogP contribution in [0.1, 0.15) is 20.8 Å². The molecule has 0 aromatic rings. The van der Waals surface area contributed by atoms with Gasteiger partial charge in [-0.3, -0.25) is 4.79 Å². The van der Waals surface area contributed by atoms with Crippen LogP contribution in [0.4, 0.5) is 4.39 Å². The highest BCUT2D eigenvalue weighted by Gasteiger charge is 2.61. The van der Waals surface area contributed by atoms with E-state index in [9.17, 15) is 9.18 Å².